The Kier molecular flexibility index (Phi) is 6.39. The number of hydrogen-bond donors (Lipinski definition) is 0. The maximum atomic E-state index is 14.3. The number of carbonyl (C=O) groups is 2. The fourth-order valence-electron chi connectivity index (χ4n) is 1.89. The lowest BCUT2D eigenvalue weighted by Gasteiger charge is -2.18. The normalized spacial score (nSPS) is 11.7. The van der Waals surface area contributed by atoms with E-state index in [1.807, 2.05) is 0 Å². The lowest BCUT2D eigenvalue weighted by Crippen LogP contribution is -2.24. The van der Waals surface area contributed by atoms with Crippen molar-refractivity contribution in [3.63, 3.8) is 0 Å². The molecule has 0 heterocycles. The van der Waals surface area contributed by atoms with Crippen molar-refractivity contribution >= 4 is 11.8 Å². The van der Waals surface area contributed by atoms with Gasteiger partial charge in [0.1, 0.15) is 5.57 Å². The van der Waals surface area contributed by atoms with Gasteiger partial charge >= 0.3 is 5.97 Å². The van der Waals surface area contributed by atoms with E-state index in [-0.39, 0.29) is 12.3 Å². The van der Waals surface area contributed by atoms with E-state index in [9.17, 15) is 22.8 Å². The molecule has 1 aromatic carbocycles. The second-order valence-corrected chi connectivity index (χ2v) is 4.97. The number of rotatable bonds is 6. The first kappa shape index (κ1) is 19.5. The molecule has 0 aliphatic heterocycles. The number of benzene rings is 1. The first-order valence-electron chi connectivity index (χ1n) is 6.98. The summed E-state index contributed by atoms with van der Waals surface area (Å²) in [6.07, 6.45) is 0. The van der Waals surface area contributed by atoms with E-state index in [4.69, 9.17) is 4.74 Å². The van der Waals surface area contributed by atoms with Gasteiger partial charge in [0.2, 0.25) is 11.6 Å². The minimum Gasteiger partial charge on any atom is -0.491 e. The van der Waals surface area contributed by atoms with Crippen molar-refractivity contribution in [1.82, 2.24) is 4.90 Å². The van der Waals surface area contributed by atoms with Crippen molar-refractivity contribution in [3.05, 3.63) is 40.4 Å². The lowest BCUT2D eigenvalue weighted by molar-refractivity contribution is -0.138. The zero-order chi connectivity index (χ0) is 18.6. The first-order valence-corrected chi connectivity index (χ1v) is 6.98. The highest BCUT2D eigenvalue weighted by atomic mass is 19.2. The summed E-state index contributed by atoms with van der Waals surface area (Å²) in [5, 5.41) is 0. The molecule has 0 aromatic heterocycles. The van der Waals surface area contributed by atoms with Gasteiger partial charge in [-0.15, -0.1) is 0 Å². The number of allylic oxidation sites excluding steroid dienone is 1. The fraction of sp³-hybridized carbons (Fsp3) is 0.375. The summed E-state index contributed by atoms with van der Waals surface area (Å²) in [5.74, 6) is -7.58. The number of esters is 1. The predicted octanol–water partition coefficient (Wildman–Crippen LogP) is 2.69. The van der Waals surface area contributed by atoms with Gasteiger partial charge in [0.25, 0.3) is 0 Å². The van der Waals surface area contributed by atoms with Gasteiger partial charge < -0.3 is 14.4 Å². The molecule has 0 spiro atoms. The highest BCUT2D eigenvalue weighted by Gasteiger charge is 2.30. The van der Waals surface area contributed by atoms with E-state index in [1.165, 1.54) is 18.7 Å². The molecule has 0 unspecified atom stereocenters. The number of hydrogen-bond acceptors (Lipinski definition) is 5. The van der Waals surface area contributed by atoms with Crippen molar-refractivity contribution in [1.29, 1.82) is 0 Å². The van der Waals surface area contributed by atoms with Crippen molar-refractivity contribution in [2.45, 2.75) is 13.8 Å². The van der Waals surface area contributed by atoms with E-state index in [0.29, 0.717) is 6.07 Å². The molecule has 0 aliphatic rings. The van der Waals surface area contributed by atoms with Crippen molar-refractivity contribution in [3.8, 4) is 5.75 Å². The smallest absolute Gasteiger partial charge is 0.343 e. The van der Waals surface area contributed by atoms with Crippen LogP contribution >= 0.6 is 0 Å². The number of ether oxygens (including phenoxy) is 2. The molecule has 1 aromatic rings. The van der Waals surface area contributed by atoms with Gasteiger partial charge in [-0.1, -0.05) is 0 Å². The number of Topliss-reactive ketones (excluding diaryl/α,β-unsaturated/α-hetero) is 1. The van der Waals surface area contributed by atoms with Gasteiger partial charge in [-0.25, -0.2) is 13.6 Å². The lowest BCUT2D eigenvalue weighted by atomic mass is 10.00. The Hall–Kier alpha value is -2.51. The summed E-state index contributed by atoms with van der Waals surface area (Å²) in [4.78, 5) is 26.1. The van der Waals surface area contributed by atoms with E-state index in [0.717, 1.165) is 7.11 Å². The minimum atomic E-state index is -1.56. The second-order valence-electron chi connectivity index (χ2n) is 4.97. The average molecular weight is 345 g/mol. The summed E-state index contributed by atoms with van der Waals surface area (Å²) in [5.41, 5.74) is -1.12. The third-order valence-corrected chi connectivity index (χ3v) is 3.30. The third kappa shape index (κ3) is 3.69. The molecular formula is C16H18F3NO4. The molecule has 132 valence electrons. The van der Waals surface area contributed by atoms with Gasteiger partial charge in [0.15, 0.2) is 17.4 Å². The van der Waals surface area contributed by atoms with Crippen LogP contribution in [-0.4, -0.2) is 44.5 Å². The zero-order valence-electron chi connectivity index (χ0n) is 14.0. The SMILES string of the molecule is CCOC(=O)/C(C(=O)c1cc(F)c(F)c(OC)c1F)=C(/C)N(C)C. The molecule has 0 aliphatic carbocycles. The fourth-order valence-corrected chi connectivity index (χ4v) is 1.89. The topological polar surface area (TPSA) is 55.8 Å². The third-order valence-electron chi connectivity index (χ3n) is 3.30. The molecule has 24 heavy (non-hydrogen) atoms. The second kappa shape index (κ2) is 7.85. The molecule has 0 atom stereocenters. The van der Waals surface area contributed by atoms with Crippen molar-refractivity contribution < 1.29 is 32.2 Å². The minimum absolute atomic E-state index is 0.0140. The molecule has 0 saturated heterocycles. The molecule has 0 saturated carbocycles. The average Bonchev–Trinajstić information content (AvgIpc) is 2.51. The van der Waals surface area contributed by atoms with Crippen molar-refractivity contribution in [2.75, 3.05) is 27.8 Å². The molecule has 8 heteroatoms. The molecule has 0 fully saturated rings. The van der Waals surface area contributed by atoms with Gasteiger partial charge in [0, 0.05) is 19.8 Å². The Balaban J connectivity index is 3.59. The number of carbonyl (C=O) groups excluding carboxylic acids is 2. The maximum Gasteiger partial charge on any atom is 0.343 e. The van der Waals surface area contributed by atoms with Crippen LogP contribution in [-0.2, 0) is 9.53 Å². The highest BCUT2D eigenvalue weighted by Crippen LogP contribution is 2.29. The summed E-state index contributed by atoms with van der Waals surface area (Å²) in [6.45, 7) is 2.96. The van der Waals surface area contributed by atoms with Crippen LogP contribution in [0.15, 0.2) is 17.3 Å². The molecular weight excluding hydrogens is 327 g/mol. The summed E-state index contributed by atoms with van der Waals surface area (Å²) >= 11 is 0. The molecule has 5 nitrogen and oxygen atoms in total. The predicted molar refractivity (Wildman–Crippen MR) is 80.2 cm³/mol. The van der Waals surface area contributed by atoms with Gasteiger partial charge in [0.05, 0.1) is 19.3 Å². The quantitative estimate of drug-likeness (QED) is 0.198. The highest BCUT2D eigenvalue weighted by molar-refractivity contribution is 6.24. The summed E-state index contributed by atoms with van der Waals surface area (Å²) in [6, 6.07) is 0.387. The van der Waals surface area contributed by atoms with Crippen LogP contribution in [0.1, 0.15) is 24.2 Å². The largest absolute Gasteiger partial charge is 0.491 e. The standard InChI is InChI=1S/C16H18F3NO4/c1-6-24-16(22)11(8(2)20(3)4)14(21)9-7-10(17)13(19)15(23-5)12(9)18/h7H,6H2,1-5H3/b11-8-. The van der Waals surface area contributed by atoms with Crippen LogP contribution in [0.5, 0.6) is 5.75 Å². The van der Waals surface area contributed by atoms with Gasteiger partial charge in [-0.05, 0) is 19.9 Å². The molecule has 0 radical (unpaired) electrons. The Bertz CT molecular complexity index is 699. The van der Waals surface area contributed by atoms with Crippen LogP contribution in [0.2, 0.25) is 0 Å². The van der Waals surface area contributed by atoms with Crippen LogP contribution < -0.4 is 4.74 Å². The molecule has 0 amide bonds. The Morgan fingerprint density at radius 1 is 1.17 bits per heavy atom. The summed E-state index contributed by atoms with van der Waals surface area (Å²) < 4.78 is 50.7. The van der Waals surface area contributed by atoms with E-state index >= 15 is 0 Å². The zero-order valence-corrected chi connectivity index (χ0v) is 14.0. The van der Waals surface area contributed by atoms with Gasteiger partial charge in [-0.2, -0.15) is 4.39 Å². The van der Waals surface area contributed by atoms with Crippen molar-refractivity contribution in [2.24, 2.45) is 0 Å². The van der Waals surface area contributed by atoms with Gasteiger partial charge in [-0.3, -0.25) is 4.79 Å². The molecule has 0 N–H and O–H groups in total. The Labute approximate surface area is 137 Å². The first-order chi connectivity index (χ1) is 11.2. The number of halogens is 3. The summed E-state index contributed by atoms with van der Waals surface area (Å²) in [7, 11) is 4.05. The van der Waals surface area contributed by atoms with Crippen LogP contribution in [0.4, 0.5) is 13.2 Å². The maximum absolute atomic E-state index is 14.3. The Morgan fingerprint density at radius 3 is 2.21 bits per heavy atom. The van der Waals surface area contributed by atoms with Crippen LogP contribution in [0.3, 0.4) is 0 Å². The number of nitrogens with zero attached hydrogens (tertiary/aromatic N) is 1. The van der Waals surface area contributed by atoms with E-state index < -0.39 is 46.1 Å². The van der Waals surface area contributed by atoms with E-state index in [2.05, 4.69) is 4.74 Å². The van der Waals surface area contributed by atoms with Crippen LogP contribution in [0, 0.1) is 17.5 Å². The van der Waals surface area contributed by atoms with E-state index in [1.54, 1.807) is 14.1 Å². The monoisotopic (exact) mass is 345 g/mol. The molecule has 1 rings (SSSR count). The molecule has 0 bridgehead atoms. The number of methoxy groups -OCH3 is 1. The van der Waals surface area contributed by atoms with Crippen LogP contribution in [0.25, 0.3) is 0 Å². The number of ketones is 1. The Morgan fingerprint density at radius 2 is 1.75 bits per heavy atom.